The molecule has 0 saturated heterocycles. The Morgan fingerprint density at radius 1 is 0.929 bits per heavy atom. The molecule has 0 spiro atoms. The first-order valence-corrected chi connectivity index (χ1v) is 9.92. The SMILES string of the molecule is O=C(O)/C=C/c1ccc(S(=O)(=O)Nc2ccc(Cc3ccncc3)cc2)cc1. The average Bonchev–Trinajstić information content (AvgIpc) is 2.69. The Morgan fingerprint density at radius 2 is 1.54 bits per heavy atom. The van der Waals surface area contributed by atoms with Crippen LogP contribution in [-0.4, -0.2) is 24.5 Å². The zero-order chi connectivity index (χ0) is 20.0. The topological polar surface area (TPSA) is 96.4 Å². The third-order valence-corrected chi connectivity index (χ3v) is 5.37. The van der Waals surface area contributed by atoms with Crippen LogP contribution in [0.5, 0.6) is 0 Å². The first-order chi connectivity index (χ1) is 13.4. The highest BCUT2D eigenvalue weighted by Crippen LogP contribution is 2.19. The molecule has 2 aromatic carbocycles. The first-order valence-electron chi connectivity index (χ1n) is 8.44. The molecule has 0 atom stereocenters. The van der Waals surface area contributed by atoms with Gasteiger partial charge in [0.25, 0.3) is 10.0 Å². The van der Waals surface area contributed by atoms with Gasteiger partial charge in [-0.2, -0.15) is 0 Å². The molecule has 6 nitrogen and oxygen atoms in total. The van der Waals surface area contributed by atoms with Crippen LogP contribution in [0.1, 0.15) is 16.7 Å². The van der Waals surface area contributed by atoms with Gasteiger partial charge in [0.05, 0.1) is 4.90 Å². The first kappa shape index (κ1) is 19.3. The van der Waals surface area contributed by atoms with E-state index in [0.29, 0.717) is 11.3 Å². The fourth-order valence-corrected chi connectivity index (χ4v) is 3.63. The summed E-state index contributed by atoms with van der Waals surface area (Å²) in [6, 6.07) is 17.0. The van der Waals surface area contributed by atoms with Gasteiger partial charge in [-0.25, -0.2) is 13.2 Å². The maximum Gasteiger partial charge on any atom is 0.328 e. The lowest BCUT2D eigenvalue weighted by Crippen LogP contribution is -2.12. The van der Waals surface area contributed by atoms with Crippen molar-refractivity contribution < 1.29 is 18.3 Å². The van der Waals surface area contributed by atoms with E-state index in [9.17, 15) is 13.2 Å². The largest absolute Gasteiger partial charge is 0.478 e. The van der Waals surface area contributed by atoms with Crippen LogP contribution in [0.25, 0.3) is 6.08 Å². The molecule has 0 aliphatic carbocycles. The van der Waals surface area contributed by atoms with Crippen molar-refractivity contribution >= 4 is 27.8 Å². The molecule has 7 heteroatoms. The Bertz CT molecular complexity index is 1080. The summed E-state index contributed by atoms with van der Waals surface area (Å²) in [5.74, 6) is -1.06. The molecule has 1 heterocycles. The van der Waals surface area contributed by atoms with Crippen LogP contribution in [0, 0.1) is 0 Å². The van der Waals surface area contributed by atoms with E-state index in [0.717, 1.165) is 23.6 Å². The third kappa shape index (κ3) is 5.28. The van der Waals surface area contributed by atoms with Gasteiger partial charge in [0, 0.05) is 24.2 Å². The fraction of sp³-hybridized carbons (Fsp3) is 0.0476. The standard InChI is InChI=1S/C21H18N2O4S/c24-21(25)10-5-16-3-8-20(9-4-16)28(26,27)23-19-6-1-17(2-7-19)15-18-11-13-22-14-12-18/h1-14,23H,15H2,(H,24,25)/b10-5+. The Labute approximate surface area is 163 Å². The van der Waals surface area contributed by atoms with E-state index >= 15 is 0 Å². The highest BCUT2D eigenvalue weighted by Gasteiger charge is 2.13. The molecule has 1 aromatic heterocycles. The number of rotatable bonds is 7. The quantitative estimate of drug-likeness (QED) is 0.597. The van der Waals surface area contributed by atoms with Crippen LogP contribution in [-0.2, 0) is 21.2 Å². The van der Waals surface area contributed by atoms with Crippen molar-refractivity contribution in [3.05, 3.63) is 95.8 Å². The van der Waals surface area contributed by atoms with Crippen molar-refractivity contribution in [2.24, 2.45) is 0 Å². The van der Waals surface area contributed by atoms with Crippen LogP contribution >= 0.6 is 0 Å². The summed E-state index contributed by atoms with van der Waals surface area (Å²) in [4.78, 5) is 14.6. The third-order valence-electron chi connectivity index (χ3n) is 3.97. The van der Waals surface area contributed by atoms with Gasteiger partial charge in [-0.15, -0.1) is 0 Å². The van der Waals surface area contributed by atoms with Crippen LogP contribution < -0.4 is 4.72 Å². The second kappa shape index (κ2) is 8.49. The van der Waals surface area contributed by atoms with Crippen LogP contribution in [0.2, 0.25) is 0 Å². The Balaban J connectivity index is 1.69. The highest BCUT2D eigenvalue weighted by molar-refractivity contribution is 7.92. The molecular formula is C21H18N2O4S. The lowest BCUT2D eigenvalue weighted by atomic mass is 10.1. The molecule has 3 aromatic rings. The van der Waals surface area contributed by atoms with Crippen molar-refractivity contribution in [2.45, 2.75) is 11.3 Å². The van der Waals surface area contributed by atoms with Crippen LogP contribution in [0.4, 0.5) is 5.69 Å². The number of anilines is 1. The summed E-state index contributed by atoms with van der Waals surface area (Å²) in [5.41, 5.74) is 3.25. The molecule has 0 aliphatic rings. The van der Waals surface area contributed by atoms with Gasteiger partial charge in [0.1, 0.15) is 0 Å². The molecule has 0 saturated carbocycles. The molecule has 0 fully saturated rings. The van der Waals surface area contributed by atoms with Gasteiger partial charge in [-0.1, -0.05) is 24.3 Å². The van der Waals surface area contributed by atoms with E-state index in [1.807, 2.05) is 24.3 Å². The minimum absolute atomic E-state index is 0.0980. The molecule has 0 aliphatic heterocycles. The number of hydrogen-bond donors (Lipinski definition) is 2. The number of nitrogens with one attached hydrogen (secondary N) is 1. The highest BCUT2D eigenvalue weighted by atomic mass is 32.2. The van der Waals surface area contributed by atoms with Crippen molar-refractivity contribution in [3.63, 3.8) is 0 Å². The lowest BCUT2D eigenvalue weighted by Gasteiger charge is -2.09. The monoisotopic (exact) mass is 394 g/mol. The molecule has 0 amide bonds. The number of pyridine rings is 1. The van der Waals surface area contributed by atoms with E-state index in [1.165, 1.54) is 18.2 Å². The van der Waals surface area contributed by atoms with E-state index in [1.54, 1.807) is 36.7 Å². The maximum atomic E-state index is 12.5. The number of carbonyl (C=O) groups is 1. The number of sulfonamides is 1. The molecule has 28 heavy (non-hydrogen) atoms. The summed E-state index contributed by atoms with van der Waals surface area (Å²) < 4.78 is 27.6. The van der Waals surface area contributed by atoms with Gasteiger partial charge >= 0.3 is 5.97 Å². The molecular weight excluding hydrogens is 376 g/mol. The predicted molar refractivity (Wildman–Crippen MR) is 107 cm³/mol. The zero-order valence-corrected chi connectivity index (χ0v) is 15.6. The Morgan fingerprint density at radius 3 is 2.14 bits per heavy atom. The number of aliphatic carboxylic acids is 1. The van der Waals surface area contributed by atoms with E-state index in [4.69, 9.17) is 5.11 Å². The minimum Gasteiger partial charge on any atom is -0.478 e. The number of carboxylic acids is 1. The van der Waals surface area contributed by atoms with E-state index in [-0.39, 0.29) is 4.90 Å². The van der Waals surface area contributed by atoms with Crippen molar-refractivity contribution in [2.75, 3.05) is 4.72 Å². The number of aromatic nitrogens is 1. The Kier molecular flexibility index (Phi) is 5.86. The predicted octanol–water partition coefficient (Wildman–Crippen LogP) is 3.57. The number of benzene rings is 2. The number of hydrogen-bond acceptors (Lipinski definition) is 4. The summed E-state index contributed by atoms with van der Waals surface area (Å²) in [5, 5.41) is 8.63. The maximum absolute atomic E-state index is 12.5. The van der Waals surface area contributed by atoms with E-state index in [2.05, 4.69) is 9.71 Å². The molecule has 0 unspecified atom stereocenters. The normalized spacial score (nSPS) is 11.4. The molecule has 0 bridgehead atoms. The zero-order valence-electron chi connectivity index (χ0n) is 14.8. The van der Waals surface area contributed by atoms with Gasteiger partial charge in [-0.3, -0.25) is 9.71 Å². The lowest BCUT2D eigenvalue weighted by molar-refractivity contribution is -0.131. The van der Waals surface area contributed by atoms with Gasteiger partial charge in [0.15, 0.2) is 0 Å². The molecule has 2 N–H and O–H groups in total. The molecule has 3 rings (SSSR count). The molecule has 0 radical (unpaired) electrons. The van der Waals surface area contributed by atoms with Crippen molar-refractivity contribution in [1.82, 2.24) is 4.98 Å². The second-order valence-corrected chi connectivity index (χ2v) is 7.76. The van der Waals surface area contributed by atoms with Crippen LogP contribution in [0.3, 0.4) is 0 Å². The van der Waals surface area contributed by atoms with Crippen molar-refractivity contribution in [1.29, 1.82) is 0 Å². The van der Waals surface area contributed by atoms with Gasteiger partial charge < -0.3 is 5.11 Å². The van der Waals surface area contributed by atoms with Gasteiger partial charge in [0.2, 0.25) is 0 Å². The summed E-state index contributed by atoms with van der Waals surface area (Å²) in [6.07, 6.45) is 6.60. The Hall–Kier alpha value is -3.45. The smallest absolute Gasteiger partial charge is 0.328 e. The minimum atomic E-state index is -3.73. The van der Waals surface area contributed by atoms with Crippen molar-refractivity contribution in [3.8, 4) is 0 Å². The summed E-state index contributed by atoms with van der Waals surface area (Å²) >= 11 is 0. The molecule has 142 valence electrons. The summed E-state index contributed by atoms with van der Waals surface area (Å²) in [7, 11) is -3.73. The summed E-state index contributed by atoms with van der Waals surface area (Å²) in [6.45, 7) is 0. The number of carboxylic acid groups (broad SMARTS) is 1. The van der Waals surface area contributed by atoms with Gasteiger partial charge in [-0.05, 0) is 65.6 Å². The fourth-order valence-electron chi connectivity index (χ4n) is 2.57. The second-order valence-electron chi connectivity index (χ2n) is 6.08. The number of nitrogens with zero attached hydrogens (tertiary/aromatic N) is 1. The van der Waals surface area contributed by atoms with E-state index < -0.39 is 16.0 Å². The van der Waals surface area contributed by atoms with Crippen LogP contribution in [0.15, 0.2) is 84.0 Å². The average molecular weight is 394 g/mol.